The van der Waals surface area contributed by atoms with E-state index in [2.05, 4.69) is 15.6 Å². The summed E-state index contributed by atoms with van der Waals surface area (Å²) in [5.74, 6) is -1.52. The van der Waals surface area contributed by atoms with Gasteiger partial charge in [0.05, 0.1) is 6.20 Å². The minimum Gasteiger partial charge on any atom is -0.476 e. The molecule has 0 atom stereocenters. The van der Waals surface area contributed by atoms with Crippen molar-refractivity contribution in [1.82, 2.24) is 15.0 Å². The van der Waals surface area contributed by atoms with Crippen molar-refractivity contribution in [3.63, 3.8) is 0 Å². The fourth-order valence-corrected chi connectivity index (χ4v) is 2.23. The Morgan fingerprint density at radius 2 is 1.86 bits per heavy atom. The number of aromatic carboxylic acids is 1. The first-order chi connectivity index (χ1) is 9.88. The van der Waals surface area contributed by atoms with E-state index in [0.717, 1.165) is 33.3 Å². The number of aromatic nitrogens is 3. The lowest BCUT2D eigenvalue weighted by Gasteiger charge is -2.13. The summed E-state index contributed by atoms with van der Waals surface area (Å²) >= 11 is 0. The number of carboxylic acids is 1. The molecule has 1 aromatic heterocycles. The number of benzene rings is 1. The third-order valence-electron chi connectivity index (χ3n) is 3.07. The Bertz CT molecular complexity index is 683. The summed E-state index contributed by atoms with van der Waals surface area (Å²) in [5, 5.41) is 18.8. The third-order valence-corrected chi connectivity index (χ3v) is 3.07. The molecule has 0 bridgehead atoms. The number of hydrogen-bond donors (Lipinski definition) is 2. The fraction of sp³-hybridized carbons (Fsp3) is 0.286. The first kappa shape index (κ1) is 14.7. The van der Waals surface area contributed by atoms with E-state index in [1.54, 1.807) is 0 Å². The van der Waals surface area contributed by atoms with Crippen LogP contribution in [0.1, 0.15) is 27.2 Å². The third kappa shape index (κ3) is 3.25. The Morgan fingerprint density at radius 3 is 2.43 bits per heavy atom. The van der Waals surface area contributed by atoms with E-state index in [9.17, 15) is 9.59 Å². The van der Waals surface area contributed by atoms with Gasteiger partial charge in [0.15, 0.2) is 5.69 Å². The molecule has 7 nitrogen and oxygen atoms in total. The van der Waals surface area contributed by atoms with Crippen LogP contribution in [-0.4, -0.2) is 32.0 Å². The van der Waals surface area contributed by atoms with Crippen molar-refractivity contribution in [2.24, 2.45) is 0 Å². The van der Waals surface area contributed by atoms with Crippen LogP contribution >= 0.6 is 0 Å². The van der Waals surface area contributed by atoms with Crippen molar-refractivity contribution in [2.45, 2.75) is 27.3 Å². The monoisotopic (exact) mass is 288 g/mol. The van der Waals surface area contributed by atoms with Gasteiger partial charge in [-0.2, -0.15) is 0 Å². The standard InChI is InChI=1S/C14H16N4O3/c1-8-4-9(2)13(10(3)5-8)16-12(19)7-18-11(14(20)21)6-15-17-18/h4-6H,7H2,1-3H3,(H,16,19)(H,20,21). The summed E-state index contributed by atoms with van der Waals surface area (Å²) in [4.78, 5) is 23.0. The number of carbonyl (C=O) groups excluding carboxylic acids is 1. The second-order valence-electron chi connectivity index (χ2n) is 4.90. The fourth-order valence-electron chi connectivity index (χ4n) is 2.23. The smallest absolute Gasteiger partial charge is 0.355 e. The second-order valence-corrected chi connectivity index (χ2v) is 4.90. The molecule has 0 saturated carbocycles. The van der Waals surface area contributed by atoms with Crippen LogP contribution in [0.2, 0.25) is 0 Å². The summed E-state index contributed by atoms with van der Waals surface area (Å²) in [6.07, 6.45) is 1.11. The molecular formula is C14H16N4O3. The molecule has 110 valence electrons. The van der Waals surface area contributed by atoms with E-state index in [-0.39, 0.29) is 18.1 Å². The molecule has 0 radical (unpaired) electrons. The minimum atomic E-state index is -1.17. The van der Waals surface area contributed by atoms with Crippen molar-refractivity contribution >= 4 is 17.6 Å². The molecule has 0 fully saturated rings. The maximum absolute atomic E-state index is 12.1. The Hall–Kier alpha value is -2.70. The molecule has 2 aromatic rings. The number of aryl methyl sites for hydroxylation is 3. The van der Waals surface area contributed by atoms with Crippen LogP contribution in [0.5, 0.6) is 0 Å². The summed E-state index contributed by atoms with van der Waals surface area (Å²) in [7, 11) is 0. The highest BCUT2D eigenvalue weighted by Gasteiger charge is 2.15. The van der Waals surface area contributed by atoms with Gasteiger partial charge in [-0.3, -0.25) is 4.79 Å². The van der Waals surface area contributed by atoms with E-state index in [1.165, 1.54) is 0 Å². The van der Waals surface area contributed by atoms with Gasteiger partial charge in [-0.25, -0.2) is 9.48 Å². The van der Waals surface area contributed by atoms with E-state index in [0.29, 0.717) is 0 Å². The lowest BCUT2D eigenvalue weighted by molar-refractivity contribution is -0.116. The van der Waals surface area contributed by atoms with E-state index >= 15 is 0 Å². The molecule has 0 aliphatic rings. The minimum absolute atomic E-state index is 0.123. The number of amides is 1. The summed E-state index contributed by atoms with van der Waals surface area (Å²) in [6.45, 7) is 5.61. The number of rotatable bonds is 4. The topological polar surface area (TPSA) is 97.1 Å². The van der Waals surface area contributed by atoms with Crippen LogP contribution < -0.4 is 5.32 Å². The summed E-state index contributed by atoms with van der Waals surface area (Å²) in [6, 6.07) is 3.95. The molecular weight excluding hydrogens is 272 g/mol. The predicted octanol–water partition coefficient (Wildman–Crippen LogP) is 1.54. The molecule has 2 rings (SSSR count). The van der Waals surface area contributed by atoms with Gasteiger partial charge >= 0.3 is 5.97 Å². The zero-order valence-corrected chi connectivity index (χ0v) is 12.0. The molecule has 0 aliphatic heterocycles. The van der Waals surface area contributed by atoms with Gasteiger partial charge in [-0.1, -0.05) is 22.9 Å². The summed E-state index contributed by atoms with van der Waals surface area (Å²) in [5.41, 5.74) is 3.65. The van der Waals surface area contributed by atoms with Crippen LogP contribution in [0.3, 0.4) is 0 Å². The quantitative estimate of drug-likeness (QED) is 0.889. The highest BCUT2D eigenvalue weighted by Crippen LogP contribution is 2.21. The first-order valence-electron chi connectivity index (χ1n) is 6.38. The van der Waals surface area contributed by atoms with Gasteiger partial charge in [0.25, 0.3) is 0 Å². The maximum Gasteiger partial charge on any atom is 0.355 e. The molecule has 21 heavy (non-hydrogen) atoms. The molecule has 1 heterocycles. The van der Waals surface area contributed by atoms with Crippen molar-refractivity contribution in [3.8, 4) is 0 Å². The number of carboxylic acid groups (broad SMARTS) is 1. The van der Waals surface area contributed by atoms with Crippen LogP contribution in [-0.2, 0) is 11.3 Å². The Balaban J connectivity index is 2.16. The van der Waals surface area contributed by atoms with Crippen LogP contribution in [0.25, 0.3) is 0 Å². The Morgan fingerprint density at radius 1 is 1.24 bits per heavy atom. The molecule has 1 amide bonds. The van der Waals surface area contributed by atoms with E-state index in [1.807, 2.05) is 32.9 Å². The molecule has 7 heteroatoms. The average molecular weight is 288 g/mol. The SMILES string of the molecule is Cc1cc(C)c(NC(=O)Cn2nncc2C(=O)O)c(C)c1. The zero-order valence-electron chi connectivity index (χ0n) is 12.0. The van der Waals surface area contributed by atoms with Crippen LogP contribution in [0.4, 0.5) is 5.69 Å². The number of nitrogens with one attached hydrogen (secondary N) is 1. The molecule has 0 spiro atoms. The molecule has 0 unspecified atom stereocenters. The number of hydrogen-bond acceptors (Lipinski definition) is 4. The van der Waals surface area contributed by atoms with Gasteiger partial charge in [0.2, 0.25) is 5.91 Å². The number of carbonyl (C=O) groups is 2. The zero-order chi connectivity index (χ0) is 15.6. The molecule has 1 aromatic carbocycles. The maximum atomic E-state index is 12.1. The second kappa shape index (κ2) is 5.74. The van der Waals surface area contributed by atoms with Crippen LogP contribution in [0.15, 0.2) is 18.3 Å². The highest BCUT2D eigenvalue weighted by molar-refractivity contribution is 5.93. The lowest BCUT2D eigenvalue weighted by atomic mass is 10.1. The van der Waals surface area contributed by atoms with Crippen molar-refractivity contribution in [1.29, 1.82) is 0 Å². The van der Waals surface area contributed by atoms with Gasteiger partial charge < -0.3 is 10.4 Å². The highest BCUT2D eigenvalue weighted by atomic mass is 16.4. The predicted molar refractivity (Wildman–Crippen MR) is 76.3 cm³/mol. The molecule has 0 aliphatic carbocycles. The van der Waals surface area contributed by atoms with Gasteiger partial charge in [-0.05, 0) is 31.9 Å². The van der Waals surface area contributed by atoms with Crippen LogP contribution in [0, 0.1) is 20.8 Å². The van der Waals surface area contributed by atoms with Crippen molar-refractivity contribution in [3.05, 3.63) is 40.7 Å². The Kier molecular flexibility index (Phi) is 4.02. The van der Waals surface area contributed by atoms with Gasteiger partial charge in [0, 0.05) is 5.69 Å². The van der Waals surface area contributed by atoms with Crippen molar-refractivity contribution in [2.75, 3.05) is 5.32 Å². The van der Waals surface area contributed by atoms with E-state index in [4.69, 9.17) is 5.11 Å². The molecule has 2 N–H and O–H groups in total. The normalized spacial score (nSPS) is 10.4. The number of nitrogens with zero attached hydrogens (tertiary/aromatic N) is 3. The lowest BCUT2D eigenvalue weighted by Crippen LogP contribution is -2.23. The van der Waals surface area contributed by atoms with E-state index < -0.39 is 5.97 Å². The average Bonchev–Trinajstić information content (AvgIpc) is 2.82. The Labute approximate surface area is 121 Å². The van der Waals surface area contributed by atoms with Gasteiger partial charge in [-0.15, -0.1) is 5.10 Å². The van der Waals surface area contributed by atoms with Crippen molar-refractivity contribution < 1.29 is 14.7 Å². The largest absolute Gasteiger partial charge is 0.476 e. The first-order valence-corrected chi connectivity index (χ1v) is 6.38. The molecule has 0 saturated heterocycles. The number of anilines is 1. The van der Waals surface area contributed by atoms with Gasteiger partial charge in [0.1, 0.15) is 6.54 Å². The summed E-state index contributed by atoms with van der Waals surface area (Å²) < 4.78 is 1.05.